The van der Waals surface area contributed by atoms with Gasteiger partial charge in [0.05, 0.1) is 12.7 Å². The van der Waals surface area contributed by atoms with E-state index < -0.39 is 0 Å². The van der Waals surface area contributed by atoms with Crippen LogP contribution in [-0.4, -0.2) is 30.2 Å². The molecule has 0 spiro atoms. The number of ether oxygens (including phenoxy) is 2. The van der Waals surface area contributed by atoms with Gasteiger partial charge in [-0.1, -0.05) is 13.0 Å². The van der Waals surface area contributed by atoms with Crippen LogP contribution in [-0.2, 0) is 11.3 Å². The first kappa shape index (κ1) is 15.2. The minimum absolute atomic E-state index is 0.0811. The summed E-state index contributed by atoms with van der Waals surface area (Å²) in [4.78, 5) is 13.9. The summed E-state index contributed by atoms with van der Waals surface area (Å²) < 4.78 is 11.2. The molecule has 3 rings (SSSR count). The predicted molar refractivity (Wildman–Crippen MR) is 85.1 cm³/mol. The molecule has 0 saturated heterocycles. The minimum Gasteiger partial charge on any atom is -0.493 e. The third-order valence-electron chi connectivity index (χ3n) is 4.28. The van der Waals surface area contributed by atoms with Gasteiger partial charge in [0.1, 0.15) is 5.75 Å². The molecule has 0 bridgehead atoms. The lowest BCUT2D eigenvalue weighted by Crippen LogP contribution is -2.38. The third-order valence-corrected chi connectivity index (χ3v) is 4.28. The fourth-order valence-electron chi connectivity index (χ4n) is 2.88. The maximum absolute atomic E-state index is 12.1. The average molecular weight is 303 g/mol. The van der Waals surface area contributed by atoms with Gasteiger partial charge in [-0.2, -0.15) is 0 Å². The standard InChI is InChI=1S/C18H25NO3/c1-12(2)22-18(20)19-9-13(3)17-8-16(7-6-15(17)10-19)21-11-14-4-5-14/h6-8,12-14H,4-5,9-11H2,1-3H3. The molecule has 1 saturated carbocycles. The zero-order valence-corrected chi connectivity index (χ0v) is 13.7. The lowest BCUT2D eigenvalue weighted by Gasteiger charge is -2.33. The molecule has 4 nitrogen and oxygen atoms in total. The molecule has 0 aromatic heterocycles. The summed E-state index contributed by atoms with van der Waals surface area (Å²) in [5.74, 6) is 2.01. The number of fused-ring (bicyclic) bond motifs is 1. The van der Waals surface area contributed by atoms with Crippen molar-refractivity contribution < 1.29 is 14.3 Å². The normalized spacial score (nSPS) is 20.7. The second-order valence-corrected chi connectivity index (χ2v) is 6.83. The summed E-state index contributed by atoms with van der Waals surface area (Å²) in [6.07, 6.45) is 2.30. The van der Waals surface area contributed by atoms with Crippen LogP contribution in [0.2, 0.25) is 0 Å². The molecule has 1 amide bonds. The van der Waals surface area contributed by atoms with E-state index in [9.17, 15) is 4.79 Å². The fraction of sp³-hybridized carbons (Fsp3) is 0.611. The van der Waals surface area contributed by atoms with E-state index in [2.05, 4.69) is 19.1 Å². The van der Waals surface area contributed by atoms with Crippen molar-refractivity contribution >= 4 is 6.09 Å². The Morgan fingerprint density at radius 3 is 2.82 bits per heavy atom. The molecule has 1 aromatic carbocycles. The van der Waals surface area contributed by atoms with E-state index in [1.165, 1.54) is 24.0 Å². The molecular weight excluding hydrogens is 278 g/mol. The molecule has 1 aliphatic carbocycles. The van der Waals surface area contributed by atoms with Crippen LogP contribution >= 0.6 is 0 Å². The smallest absolute Gasteiger partial charge is 0.410 e. The van der Waals surface area contributed by atoms with E-state index in [4.69, 9.17) is 9.47 Å². The van der Waals surface area contributed by atoms with Crippen LogP contribution in [0.15, 0.2) is 18.2 Å². The zero-order valence-electron chi connectivity index (χ0n) is 13.7. The van der Waals surface area contributed by atoms with Crippen LogP contribution in [0.1, 0.15) is 50.7 Å². The number of nitrogens with zero attached hydrogens (tertiary/aromatic N) is 1. The van der Waals surface area contributed by atoms with E-state index in [0.29, 0.717) is 19.0 Å². The second kappa shape index (κ2) is 6.19. The Hall–Kier alpha value is -1.71. The van der Waals surface area contributed by atoms with Crippen LogP contribution in [0, 0.1) is 5.92 Å². The Kier molecular flexibility index (Phi) is 4.27. The van der Waals surface area contributed by atoms with E-state index in [1.807, 2.05) is 19.9 Å². The van der Waals surface area contributed by atoms with E-state index in [1.54, 1.807) is 4.90 Å². The van der Waals surface area contributed by atoms with Crippen molar-refractivity contribution in [2.75, 3.05) is 13.2 Å². The van der Waals surface area contributed by atoms with Crippen LogP contribution in [0.4, 0.5) is 4.79 Å². The van der Waals surface area contributed by atoms with Crippen LogP contribution in [0.3, 0.4) is 0 Å². The van der Waals surface area contributed by atoms with Crippen molar-refractivity contribution in [2.24, 2.45) is 5.92 Å². The van der Waals surface area contributed by atoms with Crippen LogP contribution < -0.4 is 4.74 Å². The number of carbonyl (C=O) groups excluding carboxylic acids is 1. The number of amides is 1. The van der Waals surface area contributed by atoms with Crippen molar-refractivity contribution in [3.8, 4) is 5.75 Å². The van der Waals surface area contributed by atoms with Gasteiger partial charge in [0.25, 0.3) is 0 Å². The maximum Gasteiger partial charge on any atom is 0.410 e. The van der Waals surface area contributed by atoms with Gasteiger partial charge in [0.15, 0.2) is 0 Å². The highest BCUT2D eigenvalue weighted by Gasteiger charge is 2.28. The second-order valence-electron chi connectivity index (χ2n) is 6.83. The molecule has 22 heavy (non-hydrogen) atoms. The number of hydrogen-bond acceptors (Lipinski definition) is 3. The maximum atomic E-state index is 12.1. The first-order valence-electron chi connectivity index (χ1n) is 8.24. The number of benzene rings is 1. The van der Waals surface area contributed by atoms with E-state index >= 15 is 0 Å². The Balaban J connectivity index is 1.69. The highest BCUT2D eigenvalue weighted by molar-refractivity contribution is 5.68. The molecule has 0 radical (unpaired) electrons. The summed E-state index contributed by atoms with van der Waals surface area (Å²) in [5.41, 5.74) is 2.49. The highest BCUT2D eigenvalue weighted by Crippen LogP contribution is 2.33. The van der Waals surface area contributed by atoms with Gasteiger partial charge < -0.3 is 14.4 Å². The zero-order chi connectivity index (χ0) is 15.7. The fourth-order valence-corrected chi connectivity index (χ4v) is 2.88. The summed E-state index contributed by atoms with van der Waals surface area (Å²) in [6.45, 7) is 8.06. The molecule has 1 aromatic rings. The Labute approximate surface area is 132 Å². The lowest BCUT2D eigenvalue weighted by molar-refractivity contribution is 0.0705. The van der Waals surface area contributed by atoms with Gasteiger partial charge in [0.2, 0.25) is 0 Å². The Morgan fingerprint density at radius 1 is 1.36 bits per heavy atom. The number of carbonyl (C=O) groups is 1. The molecule has 1 unspecified atom stereocenters. The molecule has 1 fully saturated rings. The monoisotopic (exact) mass is 303 g/mol. The SMILES string of the molecule is CC(C)OC(=O)N1Cc2ccc(OCC3CC3)cc2C(C)C1. The summed E-state index contributed by atoms with van der Waals surface area (Å²) >= 11 is 0. The third kappa shape index (κ3) is 3.54. The van der Waals surface area contributed by atoms with Gasteiger partial charge in [-0.15, -0.1) is 0 Å². The van der Waals surface area contributed by atoms with Crippen molar-refractivity contribution in [2.45, 2.75) is 52.2 Å². The minimum atomic E-state index is -0.221. The van der Waals surface area contributed by atoms with Gasteiger partial charge in [-0.25, -0.2) is 4.79 Å². The summed E-state index contributed by atoms with van der Waals surface area (Å²) in [6, 6.07) is 6.25. The molecule has 1 heterocycles. The molecule has 120 valence electrons. The quantitative estimate of drug-likeness (QED) is 0.845. The number of hydrogen-bond donors (Lipinski definition) is 0. The van der Waals surface area contributed by atoms with Crippen molar-refractivity contribution in [1.82, 2.24) is 4.90 Å². The summed E-state index contributed by atoms with van der Waals surface area (Å²) in [5, 5.41) is 0. The van der Waals surface area contributed by atoms with Crippen molar-refractivity contribution in [1.29, 1.82) is 0 Å². The topological polar surface area (TPSA) is 38.8 Å². The van der Waals surface area contributed by atoms with E-state index in [0.717, 1.165) is 18.3 Å². The largest absolute Gasteiger partial charge is 0.493 e. The van der Waals surface area contributed by atoms with E-state index in [-0.39, 0.29) is 12.2 Å². The first-order valence-corrected chi connectivity index (χ1v) is 8.24. The molecule has 2 aliphatic rings. The lowest BCUT2D eigenvalue weighted by atomic mass is 9.91. The molecule has 0 N–H and O–H groups in total. The van der Waals surface area contributed by atoms with Crippen LogP contribution in [0.25, 0.3) is 0 Å². The molecule has 1 aliphatic heterocycles. The van der Waals surface area contributed by atoms with Gasteiger partial charge in [0, 0.05) is 13.1 Å². The van der Waals surface area contributed by atoms with Crippen molar-refractivity contribution in [3.63, 3.8) is 0 Å². The van der Waals surface area contributed by atoms with Gasteiger partial charge in [-0.05, 0) is 61.8 Å². The Morgan fingerprint density at radius 2 is 2.14 bits per heavy atom. The van der Waals surface area contributed by atoms with Gasteiger partial charge in [-0.3, -0.25) is 0 Å². The average Bonchev–Trinajstić information content (AvgIpc) is 3.28. The first-order chi connectivity index (χ1) is 10.5. The predicted octanol–water partition coefficient (Wildman–Crippen LogP) is 3.94. The molecule has 1 atom stereocenters. The molecular formula is C18H25NO3. The molecule has 4 heteroatoms. The summed E-state index contributed by atoms with van der Waals surface area (Å²) in [7, 11) is 0. The number of rotatable bonds is 4. The highest BCUT2D eigenvalue weighted by atomic mass is 16.6. The Bertz CT molecular complexity index is 551. The van der Waals surface area contributed by atoms with Crippen molar-refractivity contribution in [3.05, 3.63) is 29.3 Å². The van der Waals surface area contributed by atoms with Crippen LogP contribution in [0.5, 0.6) is 5.75 Å². The van der Waals surface area contributed by atoms with Gasteiger partial charge >= 0.3 is 6.09 Å².